The fourth-order valence-corrected chi connectivity index (χ4v) is 3.11. The molecule has 2 atom stereocenters. The van der Waals surface area contributed by atoms with E-state index in [0.29, 0.717) is 6.54 Å². The van der Waals surface area contributed by atoms with Crippen LogP contribution in [0.4, 0.5) is 19.1 Å². The minimum atomic E-state index is -4.56. The van der Waals surface area contributed by atoms with Crippen molar-refractivity contribution in [1.82, 2.24) is 19.7 Å². The highest BCUT2D eigenvalue weighted by Gasteiger charge is 2.41. The number of nitrogens with zero attached hydrogens (tertiary/aromatic N) is 5. The number of hydrogen-bond donors (Lipinski definition) is 1. The summed E-state index contributed by atoms with van der Waals surface area (Å²) in [4.78, 5) is 20.9. The van der Waals surface area contributed by atoms with Gasteiger partial charge in [-0.25, -0.2) is 9.97 Å². The van der Waals surface area contributed by atoms with Crippen LogP contribution >= 0.6 is 0 Å². The SMILES string of the molecule is Cc1c([C@H]2CN(c3nccc(C(F)(F)F)n3)C[C@@H]2C(N)=O)cnn1C. The van der Waals surface area contributed by atoms with Crippen molar-refractivity contribution in [2.75, 3.05) is 18.0 Å². The van der Waals surface area contributed by atoms with Crippen LogP contribution in [0, 0.1) is 12.8 Å². The Balaban J connectivity index is 1.93. The molecular formula is C15H17F3N6O. The fraction of sp³-hybridized carbons (Fsp3) is 0.467. The molecule has 0 unspecified atom stereocenters. The Bertz CT molecular complexity index is 803. The van der Waals surface area contributed by atoms with Crippen LogP contribution in [0.5, 0.6) is 0 Å². The number of aryl methyl sites for hydroxylation is 1. The molecule has 1 fully saturated rings. The molecule has 1 amide bonds. The summed E-state index contributed by atoms with van der Waals surface area (Å²) in [7, 11) is 1.78. The van der Waals surface area contributed by atoms with Crippen molar-refractivity contribution in [2.24, 2.45) is 18.7 Å². The molecule has 3 heterocycles. The van der Waals surface area contributed by atoms with Crippen molar-refractivity contribution >= 4 is 11.9 Å². The molecule has 1 aliphatic heterocycles. The summed E-state index contributed by atoms with van der Waals surface area (Å²) in [6.07, 6.45) is -1.83. The maximum Gasteiger partial charge on any atom is 0.433 e. The third-order valence-corrected chi connectivity index (χ3v) is 4.57. The number of rotatable bonds is 3. The average Bonchev–Trinajstić information content (AvgIpc) is 3.12. The second-order valence-corrected chi connectivity index (χ2v) is 6.07. The summed E-state index contributed by atoms with van der Waals surface area (Å²) in [6, 6.07) is 0.813. The first kappa shape index (κ1) is 17.2. The predicted octanol–water partition coefficient (Wildman–Crippen LogP) is 1.24. The quantitative estimate of drug-likeness (QED) is 0.896. The van der Waals surface area contributed by atoms with Crippen LogP contribution in [0.25, 0.3) is 0 Å². The molecule has 1 saturated heterocycles. The molecule has 10 heteroatoms. The number of aromatic nitrogens is 4. The normalized spacial score (nSPS) is 20.9. The van der Waals surface area contributed by atoms with Crippen molar-refractivity contribution in [3.05, 3.63) is 35.4 Å². The zero-order valence-electron chi connectivity index (χ0n) is 13.7. The Labute approximate surface area is 141 Å². The van der Waals surface area contributed by atoms with Gasteiger partial charge in [-0.3, -0.25) is 9.48 Å². The number of alkyl halides is 3. The summed E-state index contributed by atoms with van der Waals surface area (Å²) in [5.74, 6) is -1.40. The van der Waals surface area contributed by atoms with E-state index in [4.69, 9.17) is 5.73 Å². The van der Waals surface area contributed by atoms with E-state index in [1.165, 1.54) is 0 Å². The van der Waals surface area contributed by atoms with Crippen LogP contribution in [-0.4, -0.2) is 38.7 Å². The van der Waals surface area contributed by atoms with Crippen molar-refractivity contribution in [3.63, 3.8) is 0 Å². The van der Waals surface area contributed by atoms with Crippen molar-refractivity contribution < 1.29 is 18.0 Å². The Hall–Kier alpha value is -2.65. The van der Waals surface area contributed by atoms with Gasteiger partial charge in [0.15, 0.2) is 0 Å². The minimum Gasteiger partial charge on any atom is -0.369 e. The lowest BCUT2D eigenvalue weighted by molar-refractivity contribution is -0.141. The predicted molar refractivity (Wildman–Crippen MR) is 82.6 cm³/mol. The van der Waals surface area contributed by atoms with Crippen LogP contribution in [0.2, 0.25) is 0 Å². The number of anilines is 1. The van der Waals surface area contributed by atoms with Crippen LogP contribution in [0.3, 0.4) is 0 Å². The summed E-state index contributed by atoms with van der Waals surface area (Å²) < 4.78 is 40.3. The largest absolute Gasteiger partial charge is 0.433 e. The zero-order chi connectivity index (χ0) is 18.4. The van der Waals surface area contributed by atoms with Gasteiger partial charge < -0.3 is 10.6 Å². The van der Waals surface area contributed by atoms with Gasteiger partial charge in [-0.05, 0) is 18.6 Å². The van der Waals surface area contributed by atoms with Gasteiger partial charge in [0.05, 0.1) is 12.1 Å². The van der Waals surface area contributed by atoms with Gasteiger partial charge in [-0.15, -0.1) is 0 Å². The third-order valence-electron chi connectivity index (χ3n) is 4.57. The molecule has 0 aliphatic carbocycles. The second-order valence-electron chi connectivity index (χ2n) is 6.07. The molecule has 0 bridgehead atoms. The lowest BCUT2D eigenvalue weighted by Gasteiger charge is -2.17. The van der Waals surface area contributed by atoms with E-state index in [0.717, 1.165) is 23.5 Å². The first-order valence-corrected chi connectivity index (χ1v) is 7.61. The Morgan fingerprint density at radius 3 is 2.64 bits per heavy atom. The number of primary amides is 1. The molecule has 0 radical (unpaired) electrons. The molecule has 0 saturated carbocycles. The Morgan fingerprint density at radius 2 is 2.08 bits per heavy atom. The molecule has 2 aromatic rings. The van der Waals surface area contributed by atoms with Gasteiger partial charge in [0.25, 0.3) is 0 Å². The highest BCUT2D eigenvalue weighted by atomic mass is 19.4. The number of hydrogen-bond acceptors (Lipinski definition) is 5. The summed E-state index contributed by atoms with van der Waals surface area (Å²) >= 11 is 0. The van der Waals surface area contributed by atoms with Crippen molar-refractivity contribution in [1.29, 1.82) is 0 Å². The van der Waals surface area contributed by atoms with Crippen LogP contribution in [0.1, 0.15) is 22.9 Å². The first-order chi connectivity index (χ1) is 11.7. The van der Waals surface area contributed by atoms with E-state index in [9.17, 15) is 18.0 Å². The molecule has 3 rings (SSSR count). The topological polar surface area (TPSA) is 89.9 Å². The number of halogens is 3. The van der Waals surface area contributed by atoms with E-state index in [1.807, 2.05) is 6.92 Å². The highest BCUT2D eigenvalue weighted by molar-refractivity contribution is 5.79. The standard InChI is InChI=1S/C15H17F3N6O/c1-8-9(5-21-23(8)2)10-6-24(7-11(10)13(19)25)14-20-4-3-12(22-14)15(16,17)18/h3-5,10-11H,6-7H2,1-2H3,(H2,19,25)/t10-,11+/m1/s1. The smallest absolute Gasteiger partial charge is 0.369 e. The van der Waals surface area contributed by atoms with E-state index >= 15 is 0 Å². The molecule has 0 aromatic carbocycles. The molecule has 2 N–H and O–H groups in total. The Morgan fingerprint density at radius 1 is 1.36 bits per heavy atom. The van der Waals surface area contributed by atoms with E-state index in [-0.39, 0.29) is 18.4 Å². The molecule has 2 aromatic heterocycles. The molecule has 25 heavy (non-hydrogen) atoms. The minimum absolute atomic E-state index is 0.0647. The maximum absolute atomic E-state index is 12.9. The third kappa shape index (κ3) is 3.15. The van der Waals surface area contributed by atoms with E-state index < -0.39 is 23.7 Å². The van der Waals surface area contributed by atoms with Crippen LogP contribution in [-0.2, 0) is 18.0 Å². The maximum atomic E-state index is 12.9. The lowest BCUT2D eigenvalue weighted by atomic mass is 9.89. The summed E-state index contributed by atoms with van der Waals surface area (Å²) in [5, 5.41) is 4.16. The Kier molecular flexibility index (Phi) is 4.13. The molecule has 134 valence electrons. The van der Waals surface area contributed by atoms with Crippen LogP contribution in [0.15, 0.2) is 18.5 Å². The summed E-state index contributed by atoms with van der Waals surface area (Å²) in [5.41, 5.74) is 6.21. The monoisotopic (exact) mass is 354 g/mol. The molecule has 0 spiro atoms. The fourth-order valence-electron chi connectivity index (χ4n) is 3.11. The van der Waals surface area contributed by atoms with Gasteiger partial charge >= 0.3 is 6.18 Å². The number of amides is 1. The number of carbonyl (C=O) groups is 1. The number of nitrogens with two attached hydrogens (primary N) is 1. The summed E-state index contributed by atoms with van der Waals surface area (Å²) in [6.45, 7) is 2.32. The van der Waals surface area contributed by atoms with Gasteiger partial charge in [0.1, 0.15) is 5.69 Å². The van der Waals surface area contributed by atoms with Gasteiger partial charge in [-0.2, -0.15) is 18.3 Å². The average molecular weight is 354 g/mol. The zero-order valence-corrected chi connectivity index (χ0v) is 13.7. The second kappa shape index (κ2) is 6.01. The van der Waals surface area contributed by atoms with Gasteiger partial charge in [0, 0.05) is 37.9 Å². The van der Waals surface area contributed by atoms with Gasteiger partial charge in [-0.1, -0.05) is 0 Å². The van der Waals surface area contributed by atoms with E-state index in [1.54, 1.807) is 22.8 Å². The molecular weight excluding hydrogens is 337 g/mol. The number of carbonyl (C=O) groups excluding carboxylic acids is 1. The van der Waals surface area contributed by atoms with E-state index in [2.05, 4.69) is 15.1 Å². The van der Waals surface area contributed by atoms with Crippen LogP contribution < -0.4 is 10.6 Å². The highest BCUT2D eigenvalue weighted by Crippen LogP contribution is 2.36. The molecule has 1 aliphatic rings. The van der Waals surface area contributed by atoms with Crippen molar-refractivity contribution in [3.8, 4) is 0 Å². The van der Waals surface area contributed by atoms with Gasteiger partial charge in [0.2, 0.25) is 11.9 Å². The first-order valence-electron chi connectivity index (χ1n) is 7.61. The lowest BCUT2D eigenvalue weighted by Crippen LogP contribution is -2.30. The molecule has 7 nitrogen and oxygen atoms in total. The van der Waals surface area contributed by atoms with Crippen molar-refractivity contribution in [2.45, 2.75) is 19.0 Å².